The molecule has 0 aliphatic rings. The van der Waals surface area contributed by atoms with Crippen LogP contribution in [0.2, 0.25) is 0 Å². The van der Waals surface area contributed by atoms with Crippen molar-refractivity contribution >= 4 is 10.0 Å². The maximum absolute atomic E-state index is 12.7. The molecular formula is C14H21F2N5O2S. The summed E-state index contributed by atoms with van der Waals surface area (Å²) in [5.41, 5.74) is 1.80. The predicted molar refractivity (Wildman–Crippen MR) is 84.3 cm³/mol. The first-order valence-corrected chi connectivity index (χ1v) is 8.93. The summed E-state index contributed by atoms with van der Waals surface area (Å²) in [6.07, 6.45) is 0.940. The van der Waals surface area contributed by atoms with Crippen LogP contribution in [-0.4, -0.2) is 34.5 Å². The van der Waals surface area contributed by atoms with E-state index in [1.54, 1.807) is 0 Å². The van der Waals surface area contributed by atoms with Gasteiger partial charge in [0.05, 0.1) is 17.6 Å². The van der Waals surface area contributed by atoms with E-state index in [0.717, 1.165) is 17.6 Å². The van der Waals surface area contributed by atoms with E-state index in [-0.39, 0.29) is 23.1 Å². The first kappa shape index (κ1) is 18.5. The molecule has 24 heavy (non-hydrogen) atoms. The fourth-order valence-electron chi connectivity index (χ4n) is 2.42. The van der Waals surface area contributed by atoms with Gasteiger partial charge in [-0.1, -0.05) is 6.92 Å². The van der Waals surface area contributed by atoms with Gasteiger partial charge in [0.1, 0.15) is 4.90 Å². The Morgan fingerprint density at radius 1 is 1.29 bits per heavy atom. The Hall–Kier alpha value is -1.81. The molecule has 7 nitrogen and oxygen atoms in total. The summed E-state index contributed by atoms with van der Waals surface area (Å²) in [6.45, 7) is 4.84. The van der Waals surface area contributed by atoms with Crippen molar-refractivity contribution < 1.29 is 17.2 Å². The molecule has 0 unspecified atom stereocenters. The van der Waals surface area contributed by atoms with Gasteiger partial charge < -0.3 is 0 Å². The standard InChI is InChI=1S/C14H21F2N5O2S/c1-9(8-20-11(3)5-10(2)19-20)6-18-24(22,23)13-7-17-21(12(13)4)14(15)16/h5,7,9,14,18H,6,8H2,1-4H3/t9-/m0/s1. The van der Waals surface area contributed by atoms with E-state index in [4.69, 9.17) is 0 Å². The summed E-state index contributed by atoms with van der Waals surface area (Å²) in [5, 5.41) is 7.76. The van der Waals surface area contributed by atoms with Gasteiger partial charge in [0.15, 0.2) is 0 Å². The molecule has 1 atom stereocenters. The smallest absolute Gasteiger partial charge is 0.269 e. The summed E-state index contributed by atoms with van der Waals surface area (Å²) < 4.78 is 54.6. The molecule has 10 heteroatoms. The summed E-state index contributed by atoms with van der Waals surface area (Å²) in [7, 11) is -3.89. The minimum absolute atomic E-state index is 0.0248. The van der Waals surface area contributed by atoms with Crippen molar-refractivity contribution in [3.8, 4) is 0 Å². The van der Waals surface area contributed by atoms with Crippen LogP contribution >= 0.6 is 0 Å². The Morgan fingerprint density at radius 3 is 2.46 bits per heavy atom. The Morgan fingerprint density at radius 2 is 1.96 bits per heavy atom. The van der Waals surface area contributed by atoms with Gasteiger partial charge in [0.25, 0.3) is 0 Å². The van der Waals surface area contributed by atoms with Gasteiger partial charge in [0.2, 0.25) is 10.0 Å². The van der Waals surface area contributed by atoms with Crippen molar-refractivity contribution in [2.75, 3.05) is 6.54 Å². The SMILES string of the molecule is Cc1cc(C)n(C[C@@H](C)CNS(=O)(=O)c2cnn(C(F)F)c2C)n1. The van der Waals surface area contributed by atoms with Crippen molar-refractivity contribution in [2.45, 2.75) is 45.7 Å². The number of hydrogen-bond acceptors (Lipinski definition) is 4. The van der Waals surface area contributed by atoms with Crippen molar-refractivity contribution in [2.24, 2.45) is 5.92 Å². The third kappa shape index (κ3) is 3.99. The molecule has 2 aromatic heterocycles. The highest BCUT2D eigenvalue weighted by Crippen LogP contribution is 2.19. The largest absolute Gasteiger partial charge is 0.333 e. The highest BCUT2D eigenvalue weighted by atomic mass is 32.2. The maximum Gasteiger partial charge on any atom is 0.333 e. The summed E-state index contributed by atoms with van der Waals surface area (Å²) in [6, 6.07) is 1.94. The fourth-order valence-corrected chi connectivity index (χ4v) is 3.75. The zero-order valence-corrected chi connectivity index (χ0v) is 14.8. The van der Waals surface area contributed by atoms with E-state index in [1.807, 2.05) is 31.5 Å². The lowest BCUT2D eigenvalue weighted by Gasteiger charge is -2.14. The van der Waals surface area contributed by atoms with Crippen LogP contribution in [0.15, 0.2) is 17.2 Å². The van der Waals surface area contributed by atoms with Gasteiger partial charge in [-0.2, -0.15) is 19.0 Å². The highest BCUT2D eigenvalue weighted by Gasteiger charge is 2.24. The average molecular weight is 361 g/mol. The predicted octanol–water partition coefficient (Wildman–Crippen LogP) is 2.01. The van der Waals surface area contributed by atoms with Gasteiger partial charge in [0, 0.05) is 18.8 Å². The molecule has 1 N–H and O–H groups in total. The van der Waals surface area contributed by atoms with Crippen LogP contribution < -0.4 is 4.72 Å². The lowest BCUT2D eigenvalue weighted by Crippen LogP contribution is -2.30. The van der Waals surface area contributed by atoms with Crippen LogP contribution in [0.1, 0.15) is 30.6 Å². The van der Waals surface area contributed by atoms with Gasteiger partial charge >= 0.3 is 6.55 Å². The van der Waals surface area contributed by atoms with Crippen molar-refractivity contribution in [1.29, 1.82) is 0 Å². The Kier molecular flexibility index (Phi) is 5.38. The number of hydrogen-bond donors (Lipinski definition) is 1. The Labute approximate surface area is 139 Å². The molecule has 2 rings (SSSR count). The molecule has 0 amide bonds. The van der Waals surface area contributed by atoms with E-state index in [1.165, 1.54) is 6.92 Å². The highest BCUT2D eigenvalue weighted by molar-refractivity contribution is 7.89. The minimum Gasteiger partial charge on any atom is -0.269 e. The molecular weight excluding hydrogens is 340 g/mol. The normalized spacial score (nSPS) is 13.6. The zero-order chi connectivity index (χ0) is 18.1. The lowest BCUT2D eigenvalue weighted by atomic mass is 10.2. The van der Waals surface area contributed by atoms with Crippen LogP contribution in [0.3, 0.4) is 0 Å². The first-order chi connectivity index (χ1) is 11.1. The summed E-state index contributed by atoms with van der Waals surface area (Å²) in [4.78, 5) is -0.235. The van der Waals surface area contributed by atoms with E-state index >= 15 is 0 Å². The van der Waals surface area contributed by atoms with Crippen LogP contribution in [0.25, 0.3) is 0 Å². The molecule has 0 aliphatic heterocycles. The molecule has 0 spiro atoms. The third-order valence-corrected chi connectivity index (χ3v) is 5.21. The molecule has 0 bridgehead atoms. The second-order valence-electron chi connectivity index (χ2n) is 5.88. The number of aryl methyl sites for hydroxylation is 2. The second-order valence-corrected chi connectivity index (χ2v) is 7.62. The maximum atomic E-state index is 12.7. The molecule has 0 fully saturated rings. The van der Waals surface area contributed by atoms with Gasteiger partial charge in [-0.05, 0) is 32.8 Å². The monoisotopic (exact) mass is 361 g/mol. The molecule has 0 aliphatic carbocycles. The fraction of sp³-hybridized carbons (Fsp3) is 0.571. The first-order valence-electron chi connectivity index (χ1n) is 7.44. The minimum atomic E-state index is -3.89. The third-order valence-electron chi connectivity index (χ3n) is 3.68. The molecule has 2 aromatic rings. The quantitative estimate of drug-likeness (QED) is 0.818. The number of nitrogens with zero attached hydrogens (tertiary/aromatic N) is 4. The van der Waals surface area contributed by atoms with Crippen molar-refractivity contribution in [3.63, 3.8) is 0 Å². The topological polar surface area (TPSA) is 81.8 Å². The number of rotatable bonds is 7. The number of halogens is 2. The summed E-state index contributed by atoms with van der Waals surface area (Å²) >= 11 is 0. The van der Waals surface area contributed by atoms with Crippen molar-refractivity contribution in [1.82, 2.24) is 24.3 Å². The van der Waals surface area contributed by atoms with Gasteiger partial charge in [-0.25, -0.2) is 17.8 Å². The Balaban J connectivity index is 2.03. The van der Waals surface area contributed by atoms with E-state index < -0.39 is 16.6 Å². The average Bonchev–Trinajstić information content (AvgIpc) is 3.00. The van der Waals surface area contributed by atoms with Crippen LogP contribution in [-0.2, 0) is 16.6 Å². The number of sulfonamides is 1. The van der Waals surface area contributed by atoms with Crippen molar-refractivity contribution in [3.05, 3.63) is 29.3 Å². The van der Waals surface area contributed by atoms with Crippen LogP contribution in [0.4, 0.5) is 8.78 Å². The molecule has 0 radical (unpaired) electrons. The van der Waals surface area contributed by atoms with Crippen LogP contribution in [0, 0.1) is 26.7 Å². The lowest BCUT2D eigenvalue weighted by molar-refractivity contribution is 0.0541. The molecule has 0 aromatic carbocycles. The number of aromatic nitrogens is 4. The number of alkyl halides is 2. The number of nitrogens with one attached hydrogen (secondary N) is 1. The molecule has 0 saturated carbocycles. The Bertz CT molecular complexity index is 813. The van der Waals surface area contributed by atoms with Crippen LogP contribution in [0.5, 0.6) is 0 Å². The second kappa shape index (κ2) is 6.98. The molecule has 2 heterocycles. The molecule has 0 saturated heterocycles. The van der Waals surface area contributed by atoms with E-state index in [0.29, 0.717) is 11.2 Å². The zero-order valence-electron chi connectivity index (χ0n) is 14.0. The van der Waals surface area contributed by atoms with Gasteiger partial charge in [-0.15, -0.1) is 0 Å². The van der Waals surface area contributed by atoms with E-state index in [9.17, 15) is 17.2 Å². The summed E-state index contributed by atoms with van der Waals surface area (Å²) in [5.74, 6) is -0.0248. The molecule has 134 valence electrons. The van der Waals surface area contributed by atoms with E-state index in [2.05, 4.69) is 14.9 Å². The van der Waals surface area contributed by atoms with Gasteiger partial charge in [-0.3, -0.25) is 4.68 Å².